The molecule has 2 fully saturated rings. The zero-order chi connectivity index (χ0) is 18.2. The highest BCUT2D eigenvalue weighted by Gasteiger charge is 2.42. The van der Waals surface area contributed by atoms with Gasteiger partial charge in [0.25, 0.3) is 5.91 Å². The highest BCUT2D eigenvalue weighted by Crippen LogP contribution is 2.28. The number of hydrogen-bond acceptors (Lipinski definition) is 5. The van der Waals surface area contributed by atoms with E-state index in [1.807, 2.05) is 0 Å². The maximum atomic E-state index is 12.2. The van der Waals surface area contributed by atoms with Gasteiger partial charge in [0.1, 0.15) is 0 Å². The Balaban J connectivity index is 1.71. The van der Waals surface area contributed by atoms with E-state index in [1.165, 1.54) is 24.3 Å². The van der Waals surface area contributed by atoms with Gasteiger partial charge >= 0.3 is 0 Å². The minimum atomic E-state index is -3.73. The van der Waals surface area contributed by atoms with Crippen molar-refractivity contribution < 1.29 is 22.8 Å². The van der Waals surface area contributed by atoms with Crippen molar-refractivity contribution in [3.8, 4) is 0 Å². The predicted octanol–water partition coefficient (Wildman–Crippen LogP) is 0.00750. The average Bonchev–Trinajstić information content (AvgIpc) is 3.32. The van der Waals surface area contributed by atoms with Crippen molar-refractivity contribution in [2.75, 3.05) is 16.6 Å². The quantitative estimate of drug-likeness (QED) is 0.763. The van der Waals surface area contributed by atoms with Gasteiger partial charge in [-0.05, 0) is 31.0 Å². The molecule has 1 unspecified atom stereocenters. The van der Waals surface area contributed by atoms with Crippen LogP contribution in [0.15, 0.2) is 24.3 Å². The molecule has 3 amide bonds. The molecular formula is C16H19N3O5S. The van der Waals surface area contributed by atoms with Gasteiger partial charge in [-0.2, -0.15) is 0 Å². The Kier molecular flexibility index (Phi) is 4.51. The van der Waals surface area contributed by atoms with E-state index in [-0.39, 0.29) is 35.5 Å². The van der Waals surface area contributed by atoms with Crippen LogP contribution in [0.25, 0.3) is 0 Å². The Bertz CT molecular complexity index is 832. The predicted molar refractivity (Wildman–Crippen MR) is 90.4 cm³/mol. The number of amides is 3. The van der Waals surface area contributed by atoms with Gasteiger partial charge in [-0.3, -0.25) is 14.4 Å². The lowest BCUT2D eigenvalue weighted by atomic mass is 10.1. The minimum absolute atomic E-state index is 0.129. The standard InChI is InChI=1S/C16H19N3O5S/c1-10-9-25(23,24)19(16(10)22)13-4-2-3-11(7-13)15(21)17-8-14(20)18-12-5-6-12/h2-4,7,10,12H,5-6,8-9H2,1H3,(H,17,21)(H,18,20). The molecule has 1 atom stereocenters. The van der Waals surface area contributed by atoms with Crippen LogP contribution < -0.4 is 14.9 Å². The van der Waals surface area contributed by atoms with Crippen molar-refractivity contribution in [1.29, 1.82) is 0 Å². The molecule has 0 bridgehead atoms. The molecule has 0 spiro atoms. The van der Waals surface area contributed by atoms with Crippen LogP contribution >= 0.6 is 0 Å². The molecule has 9 heteroatoms. The Labute approximate surface area is 145 Å². The molecule has 2 N–H and O–H groups in total. The van der Waals surface area contributed by atoms with Crippen molar-refractivity contribution in [2.45, 2.75) is 25.8 Å². The van der Waals surface area contributed by atoms with Crippen LogP contribution in [-0.2, 0) is 19.6 Å². The lowest BCUT2D eigenvalue weighted by Gasteiger charge is -2.16. The molecule has 134 valence electrons. The van der Waals surface area contributed by atoms with Crippen molar-refractivity contribution in [1.82, 2.24) is 10.6 Å². The summed E-state index contributed by atoms with van der Waals surface area (Å²) in [6.45, 7) is 1.40. The maximum absolute atomic E-state index is 12.2. The number of carbonyl (C=O) groups is 3. The van der Waals surface area contributed by atoms with Gasteiger partial charge in [-0.1, -0.05) is 13.0 Å². The monoisotopic (exact) mass is 365 g/mol. The summed E-state index contributed by atoms with van der Waals surface area (Å²) in [6.07, 6.45) is 1.91. The molecule has 1 saturated carbocycles. The minimum Gasteiger partial charge on any atom is -0.352 e. The number of carbonyl (C=O) groups excluding carboxylic acids is 3. The normalized spacial score (nSPS) is 21.9. The molecule has 1 saturated heterocycles. The number of nitrogens with one attached hydrogen (secondary N) is 2. The fraction of sp³-hybridized carbons (Fsp3) is 0.438. The van der Waals surface area contributed by atoms with Crippen molar-refractivity contribution in [2.24, 2.45) is 5.92 Å². The first-order valence-corrected chi connectivity index (χ1v) is 9.63. The molecule has 3 rings (SSSR count). The molecule has 1 aliphatic heterocycles. The van der Waals surface area contributed by atoms with Gasteiger partial charge in [-0.15, -0.1) is 0 Å². The summed E-state index contributed by atoms with van der Waals surface area (Å²) in [4.78, 5) is 35.9. The first kappa shape index (κ1) is 17.4. The fourth-order valence-electron chi connectivity index (χ4n) is 2.63. The SMILES string of the molecule is CC1CS(=O)(=O)N(c2cccc(C(=O)NCC(=O)NC3CC3)c2)C1=O. The first-order valence-electron chi connectivity index (χ1n) is 8.02. The number of benzene rings is 1. The van der Waals surface area contributed by atoms with Crippen LogP contribution in [0.5, 0.6) is 0 Å². The lowest BCUT2D eigenvalue weighted by Crippen LogP contribution is -2.38. The highest BCUT2D eigenvalue weighted by atomic mass is 32.2. The van der Waals surface area contributed by atoms with Gasteiger partial charge < -0.3 is 10.6 Å². The van der Waals surface area contributed by atoms with Crippen LogP contribution in [0, 0.1) is 5.92 Å². The second-order valence-electron chi connectivity index (χ2n) is 6.36. The van der Waals surface area contributed by atoms with Crippen LogP contribution in [-0.4, -0.2) is 44.5 Å². The smallest absolute Gasteiger partial charge is 0.251 e. The molecule has 1 aromatic carbocycles. The Morgan fingerprint density at radius 2 is 2.00 bits per heavy atom. The van der Waals surface area contributed by atoms with Crippen LogP contribution in [0.4, 0.5) is 5.69 Å². The van der Waals surface area contributed by atoms with Gasteiger partial charge in [0.2, 0.25) is 21.8 Å². The lowest BCUT2D eigenvalue weighted by molar-refractivity contribution is -0.120. The highest BCUT2D eigenvalue weighted by molar-refractivity contribution is 7.94. The molecule has 2 aliphatic rings. The van der Waals surface area contributed by atoms with Crippen molar-refractivity contribution in [3.05, 3.63) is 29.8 Å². The number of rotatable bonds is 5. The zero-order valence-corrected chi connectivity index (χ0v) is 14.5. The molecule has 1 aliphatic carbocycles. The van der Waals surface area contributed by atoms with E-state index in [4.69, 9.17) is 0 Å². The van der Waals surface area contributed by atoms with E-state index in [9.17, 15) is 22.8 Å². The second kappa shape index (κ2) is 6.47. The molecule has 1 heterocycles. The van der Waals surface area contributed by atoms with Crippen LogP contribution in [0.2, 0.25) is 0 Å². The average molecular weight is 365 g/mol. The molecule has 25 heavy (non-hydrogen) atoms. The van der Waals surface area contributed by atoms with Gasteiger partial charge in [0.05, 0.1) is 23.9 Å². The number of hydrogen-bond donors (Lipinski definition) is 2. The summed E-state index contributed by atoms with van der Waals surface area (Å²) in [5.41, 5.74) is 0.309. The van der Waals surface area contributed by atoms with Crippen LogP contribution in [0.1, 0.15) is 30.1 Å². The van der Waals surface area contributed by atoms with E-state index in [0.717, 1.165) is 17.1 Å². The second-order valence-corrected chi connectivity index (χ2v) is 8.22. The van der Waals surface area contributed by atoms with Crippen LogP contribution in [0.3, 0.4) is 0 Å². The van der Waals surface area contributed by atoms with E-state index < -0.39 is 27.8 Å². The fourth-order valence-corrected chi connectivity index (χ4v) is 4.44. The maximum Gasteiger partial charge on any atom is 0.251 e. The molecule has 0 aromatic heterocycles. The summed E-state index contributed by atoms with van der Waals surface area (Å²) in [5.74, 6) is -2.15. The number of nitrogens with zero attached hydrogens (tertiary/aromatic N) is 1. The number of anilines is 1. The summed E-state index contributed by atoms with van der Waals surface area (Å²) in [6, 6.07) is 6.00. The third kappa shape index (κ3) is 3.81. The Morgan fingerprint density at radius 1 is 1.28 bits per heavy atom. The third-order valence-electron chi connectivity index (χ3n) is 4.06. The summed E-state index contributed by atoms with van der Waals surface area (Å²) < 4.78 is 25.0. The zero-order valence-electron chi connectivity index (χ0n) is 13.7. The van der Waals surface area contributed by atoms with E-state index >= 15 is 0 Å². The third-order valence-corrected chi connectivity index (χ3v) is 5.92. The Hall–Kier alpha value is -2.42. The Morgan fingerprint density at radius 3 is 2.60 bits per heavy atom. The number of sulfonamides is 1. The summed E-state index contributed by atoms with van der Waals surface area (Å²) in [5, 5.41) is 5.24. The topological polar surface area (TPSA) is 113 Å². The van der Waals surface area contributed by atoms with Crippen molar-refractivity contribution in [3.63, 3.8) is 0 Å². The summed E-state index contributed by atoms with van der Waals surface area (Å²) in [7, 11) is -3.73. The van der Waals surface area contributed by atoms with Crippen molar-refractivity contribution >= 4 is 33.4 Å². The van der Waals surface area contributed by atoms with Gasteiger partial charge in [0.15, 0.2) is 0 Å². The molecule has 1 aromatic rings. The summed E-state index contributed by atoms with van der Waals surface area (Å²) >= 11 is 0. The first-order chi connectivity index (χ1) is 11.8. The van der Waals surface area contributed by atoms with Gasteiger partial charge in [0, 0.05) is 11.6 Å². The van der Waals surface area contributed by atoms with E-state index in [2.05, 4.69) is 10.6 Å². The largest absolute Gasteiger partial charge is 0.352 e. The molecule has 8 nitrogen and oxygen atoms in total. The van der Waals surface area contributed by atoms with E-state index in [0.29, 0.717) is 0 Å². The molecule has 0 radical (unpaired) electrons. The van der Waals surface area contributed by atoms with Gasteiger partial charge in [-0.25, -0.2) is 12.7 Å². The molecular weight excluding hydrogens is 346 g/mol. The van der Waals surface area contributed by atoms with E-state index in [1.54, 1.807) is 6.92 Å².